The molecule has 5 N–H and O–H groups in total. The number of carboxylic acids is 1. The van der Waals surface area contributed by atoms with Gasteiger partial charge in [-0.05, 0) is 42.6 Å². The van der Waals surface area contributed by atoms with Crippen molar-refractivity contribution in [2.24, 2.45) is 23.7 Å². The van der Waals surface area contributed by atoms with Crippen LogP contribution in [0.5, 0.6) is 0 Å². The lowest BCUT2D eigenvalue weighted by atomic mass is 9.81. The SMILES string of the molecule is C=C[C@@H](C[C@@H](O)[C@H](CC1CCCCC1)NC(=O)[C@H](Cc1c[nH]cn1)NC(=O)[C@@H](CC(=O)O)Cc1ccccc1)C(C)C. The number of rotatable bonds is 17. The van der Waals surface area contributed by atoms with E-state index in [2.05, 4.69) is 41.0 Å². The first-order chi connectivity index (χ1) is 20.2. The van der Waals surface area contributed by atoms with Crippen LogP contribution in [0, 0.1) is 23.7 Å². The minimum absolute atomic E-state index is 0.0973. The number of carboxylic acid groups (broad SMARTS) is 1. The first kappa shape index (κ1) is 33.0. The molecule has 1 heterocycles. The maximum Gasteiger partial charge on any atom is 0.304 e. The predicted octanol–water partition coefficient (Wildman–Crippen LogP) is 4.44. The van der Waals surface area contributed by atoms with Crippen LogP contribution in [-0.4, -0.2) is 56.2 Å². The number of benzene rings is 1. The highest BCUT2D eigenvalue weighted by molar-refractivity contribution is 5.90. The van der Waals surface area contributed by atoms with Crippen molar-refractivity contribution in [3.63, 3.8) is 0 Å². The van der Waals surface area contributed by atoms with E-state index in [1.165, 1.54) is 12.7 Å². The molecule has 0 spiro atoms. The van der Waals surface area contributed by atoms with Crippen LogP contribution in [-0.2, 0) is 27.2 Å². The summed E-state index contributed by atoms with van der Waals surface area (Å²) in [4.78, 5) is 46.1. The molecule has 230 valence electrons. The molecular weight excluding hydrogens is 532 g/mol. The quantitative estimate of drug-likeness (QED) is 0.175. The highest BCUT2D eigenvalue weighted by atomic mass is 16.4. The molecule has 1 saturated carbocycles. The van der Waals surface area contributed by atoms with E-state index in [4.69, 9.17) is 0 Å². The average Bonchev–Trinajstić information content (AvgIpc) is 3.48. The monoisotopic (exact) mass is 580 g/mol. The smallest absolute Gasteiger partial charge is 0.304 e. The lowest BCUT2D eigenvalue weighted by molar-refractivity contribution is -0.141. The number of aromatic nitrogens is 2. The second-order valence-corrected chi connectivity index (χ2v) is 12.1. The number of carbonyl (C=O) groups excluding carboxylic acids is 2. The van der Waals surface area contributed by atoms with E-state index in [1.807, 2.05) is 36.4 Å². The summed E-state index contributed by atoms with van der Waals surface area (Å²) < 4.78 is 0. The molecule has 9 heteroatoms. The minimum Gasteiger partial charge on any atom is -0.481 e. The topological polar surface area (TPSA) is 144 Å². The van der Waals surface area contributed by atoms with Gasteiger partial charge in [-0.2, -0.15) is 0 Å². The summed E-state index contributed by atoms with van der Waals surface area (Å²) in [5.74, 6) is -2.07. The van der Waals surface area contributed by atoms with Crippen molar-refractivity contribution in [3.05, 3.63) is 66.8 Å². The molecule has 1 aromatic carbocycles. The summed E-state index contributed by atoms with van der Waals surface area (Å²) in [5, 5.41) is 26.8. The summed E-state index contributed by atoms with van der Waals surface area (Å²) in [7, 11) is 0. The van der Waals surface area contributed by atoms with Gasteiger partial charge in [0.15, 0.2) is 0 Å². The van der Waals surface area contributed by atoms with Crippen molar-refractivity contribution in [2.45, 2.75) is 96.2 Å². The van der Waals surface area contributed by atoms with Gasteiger partial charge in [-0.15, -0.1) is 6.58 Å². The van der Waals surface area contributed by atoms with Gasteiger partial charge in [0.05, 0.1) is 36.5 Å². The Bertz CT molecular complexity index is 1110. The van der Waals surface area contributed by atoms with Gasteiger partial charge < -0.3 is 25.8 Å². The van der Waals surface area contributed by atoms with E-state index in [0.717, 1.165) is 31.2 Å². The molecule has 1 aliphatic rings. The molecule has 0 unspecified atom stereocenters. The number of carbonyl (C=O) groups is 3. The summed E-state index contributed by atoms with van der Waals surface area (Å²) in [6, 6.07) is 7.76. The largest absolute Gasteiger partial charge is 0.481 e. The van der Waals surface area contributed by atoms with Crippen LogP contribution in [0.1, 0.15) is 76.5 Å². The van der Waals surface area contributed by atoms with Crippen LogP contribution in [0.15, 0.2) is 55.5 Å². The zero-order chi connectivity index (χ0) is 30.5. The number of hydrogen-bond donors (Lipinski definition) is 5. The number of nitrogens with one attached hydrogen (secondary N) is 3. The van der Waals surface area contributed by atoms with E-state index in [-0.39, 0.29) is 25.2 Å². The van der Waals surface area contributed by atoms with Crippen LogP contribution in [0.4, 0.5) is 0 Å². The molecule has 42 heavy (non-hydrogen) atoms. The Morgan fingerprint density at radius 1 is 1.07 bits per heavy atom. The van der Waals surface area contributed by atoms with E-state index >= 15 is 0 Å². The van der Waals surface area contributed by atoms with Gasteiger partial charge in [0.1, 0.15) is 6.04 Å². The first-order valence-corrected chi connectivity index (χ1v) is 15.3. The Kier molecular flexibility index (Phi) is 13.3. The minimum atomic E-state index is -1.09. The molecule has 1 aromatic heterocycles. The van der Waals surface area contributed by atoms with E-state index < -0.39 is 41.9 Å². The molecule has 0 saturated heterocycles. The molecule has 3 rings (SSSR count). The fourth-order valence-electron chi connectivity index (χ4n) is 5.94. The Balaban J connectivity index is 1.80. The highest BCUT2D eigenvalue weighted by Gasteiger charge is 2.33. The third-order valence-corrected chi connectivity index (χ3v) is 8.49. The number of aliphatic hydroxyl groups excluding tert-OH is 1. The fourth-order valence-corrected chi connectivity index (χ4v) is 5.94. The second kappa shape index (κ2) is 16.9. The van der Waals surface area contributed by atoms with Crippen molar-refractivity contribution < 1.29 is 24.6 Å². The number of aliphatic carboxylic acids is 1. The standard InChI is InChI=1S/C33H48N4O5/c1-4-25(22(2)3)17-30(38)28(16-24-13-9-6-10-14-24)36-33(42)29(19-27-20-34-21-35-27)37-32(41)26(18-31(39)40)15-23-11-7-5-8-12-23/h4-5,7-8,11-12,20-22,24-26,28-30,38H,1,6,9-10,13-19H2,2-3H3,(H,34,35)(H,36,42)(H,37,41)(H,39,40)/t25-,26+,28-,29-,30+/m0/s1. The third-order valence-electron chi connectivity index (χ3n) is 8.49. The van der Waals surface area contributed by atoms with Gasteiger partial charge in [0.25, 0.3) is 0 Å². The maximum atomic E-state index is 13.8. The van der Waals surface area contributed by atoms with E-state index in [1.54, 1.807) is 6.20 Å². The van der Waals surface area contributed by atoms with Gasteiger partial charge in [0.2, 0.25) is 11.8 Å². The summed E-state index contributed by atoms with van der Waals surface area (Å²) in [6.07, 6.45) is 11.0. The Morgan fingerprint density at radius 3 is 2.38 bits per heavy atom. The molecule has 2 aromatic rings. The van der Waals surface area contributed by atoms with Crippen molar-refractivity contribution >= 4 is 17.8 Å². The number of amides is 2. The van der Waals surface area contributed by atoms with E-state index in [9.17, 15) is 24.6 Å². The zero-order valence-corrected chi connectivity index (χ0v) is 25.0. The predicted molar refractivity (Wildman–Crippen MR) is 162 cm³/mol. The summed E-state index contributed by atoms with van der Waals surface area (Å²) in [5.41, 5.74) is 1.42. The molecule has 1 fully saturated rings. The fraction of sp³-hybridized carbons (Fsp3) is 0.576. The molecule has 0 aliphatic heterocycles. The third kappa shape index (κ3) is 10.7. The first-order valence-electron chi connectivity index (χ1n) is 15.3. The van der Waals surface area contributed by atoms with Crippen molar-refractivity contribution in [1.82, 2.24) is 20.6 Å². The average molecular weight is 581 g/mol. The van der Waals surface area contributed by atoms with Crippen LogP contribution in [0.3, 0.4) is 0 Å². The lowest BCUT2D eigenvalue weighted by Crippen LogP contribution is -2.55. The Morgan fingerprint density at radius 2 is 1.79 bits per heavy atom. The molecule has 0 radical (unpaired) electrons. The number of aromatic amines is 1. The Labute approximate surface area is 249 Å². The van der Waals surface area contributed by atoms with Gasteiger partial charge in [-0.25, -0.2) is 4.98 Å². The number of allylic oxidation sites excluding steroid dienone is 1. The van der Waals surface area contributed by atoms with Crippen LogP contribution >= 0.6 is 0 Å². The van der Waals surface area contributed by atoms with Crippen molar-refractivity contribution in [2.75, 3.05) is 0 Å². The number of nitrogens with zero attached hydrogens (tertiary/aromatic N) is 1. The number of hydrogen-bond acceptors (Lipinski definition) is 5. The number of imidazole rings is 1. The van der Waals surface area contributed by atoms with E-state index in [0.29, 0.717) is 30.4 Å². The second-order valence-electron chi connectivity index (χ2n) is 12.1. The van der Waals surface area contributed by atoms with Crippen LogP contribution < -0.4 is 10.6 Å². The van der Waals surface area contributed by atoms with Gasteiger partial charge >= 0.3 is 5.97 Å². The van der Waals surface area contributed by atoms with Gasteiger partial charge in [-0.3, -0.25) is 14.4 Å². The maximum absolute atomic E-state index is 13.8. The van der Waals surface area contributed by atoms with Gasteiger partial charge in [-0.1, -0.05) is 82.4 Å². The highest BCUT2D eigenvalue weighted by Crippen LogP contribution is 2.30. The molecule has 5 atom stereocenters. The van der Waals surface area contributed by atoms with Gasteiger partial charge in [0, 0.05) is 12.6 Å². The number of H-pyrrole nitrogens is 1. The van der Waals surface area contributed by atoms with Crippen LogP contribution in [0.2, 0.25) is 0 Å². The van der Waals surface area contributed by atoms with Crippen molar-refractivity contribution in [1.29, 1.82) is 0 Å². The molecule has 2 amide bonds. The number of aliphatic hydroxyl groups is 1. The summed E-state index contributed by atoms with van der Waals surface area (Å²) >= 11 is 0. The van der Waals surface area contributed by atoms with Crippen molar-refractivity contribution in [3.8, 4) is 0 Å². The molecular formula is C33H48N4O5. The Hall–Kier alpha value is -3.46. The molecule has 0 bridgehead atoms. The molecule has 1 aliphatic carbocycles. The summed E-state index contributed by atoms with van der Waals surface area (Å²) in [6.45, 7) is 8.12. The zero-order valence-electron chi connectivity index (χ0n) is 25.0. The normalized spacial score (nSPS) is 17.5. The molecule has 9 nitrogen and oxygen atoms in total. The van der Waals surface area contributed by atoms with Crippen LogP contribution in [0.25, 0.3) is 0 Å². The lowest BCUT2D eigenvalue weighted by Gasteiger charge is -2.33.